The molecule has 5 heteroatoms. The lowest BCUT2D eigenvalue weighted by molar-refractivity contribution is 0.354. The third-order valence-electron chi connectivity index (χ3n) is 3.64. The number of benzene rings is 2. The van der Waals surface area contributed by atoms with E-state index in [9.17, 15) is 0 Å². The maximum atomic E-state index is 6.09. The molecular weight excluding hydrogens is 352 g/mol. The molecule has 0 radical (unpaired) electrons. The first-order valence-electron chi connectivity index (χ1n) is 6.78. The molecule has 0 fully saturated rings. The molecule has 3 nitrogen and oxygen atoms in total. The lowest BCUT2D eigenvalue weighted by atomic mass is 10.1. The topological polar surface area (TPSA) is 47.3 Å². The first-order valence-corrected chi connectivity index (χ1v) is 7.95. The second kappa shape index (κ2) is 5.78. The van der Waals surface area contributed by atoms with Crippen LogP contribution in [0.25, 0.3) is 0 Å². The molecule has 0 saturated carbocycles. The van der Waals surface area contributed by atoms with Crippen molar-refractivity contribution in [3.05, 3.63) is 50.5 Å². The fraction of sp³-hybridized carbons (Fsp3) is 0.250. The van der Waals surface area contributed by atoms with E-state index < -0.39 is 0 Å². The van der Waals surface area contributed by atoms with Crippen molar-refractivity contribution < 1.29 is 4.74 Å². The zero-order chi connectivity index (χ0) is 15.0. The van der Waals surface area contributed by atoms with Gasteiger partial charge < -0.3 is 15.8 Å². The SMILES string of the molecule is Cc1cc(N)c(Cl)cc1NCc1cc(Br)cc2c1OCC2. The van der Waals surface area contributed by atoms with Gasteiger partial charge in [0, 0.05) is 28.7 Å². The minimum atomic E-state index is 0.568. The van der Waals surface area contributed by atoms with Gasteiger partial charge in [0.05, 0.1) is 17.3 Å². The largest absolute Gasteiger partial charge is 0.493 e. The molecule has 2 aromatic rings. The van der Waals surface area contributed by atoms with Crippen LogP contribution >= 0.6 is 27.5 Å². The van der Waals surface area contributed by atoms with E-state index in [2.05, 4.69) is 33.4 Å². The number of fused-ring (bicyclic) bond motifs is 1. The van der Waals surface area contributed by atoms with E-state index in [4.69, 9.17) is 22.1 Å². The number of nitrogens with two attached hydrogens (primary N) is 1. The Morgan fingerprint density at radius 2 is 2.14 bits per heavy atom. The fourth-order valence-corrected chi connectivity index (χ4v) is 3.28. The van der Waals surface area contributed by atoms with E-state index in [1.54, 1.807) is 0 Å². The summed E-state index contributed by atoms with van der Waals surface area (Å²) in [7, 11) is 0. The number of halogens is 2. The Balaban J connectivity index is 1.84. The normalized spacial score (nSPS) is 12.9. The summed E-state index contributed by atoms with van der Waals surface area (Å²) in [6, 6.07) is 7.96. The van der Waals surface area contributed by atoms with Crippen LogP contribution in [-0.2, 0) is 13.0 Å². The molecule has 0 spiro atoms. The summed E-state index contributed by atoms with van der Waals surface area (Å²) < 4.78 is 6.82. The Kier molecular flexibility index (Phi) is 4.00. The number of ether oxygens (including phenoxy) is 1. The predicted molar refractivity (Wildman–Crippen MR) is 91.3 cm³/mol. The van der Waals surface area contributed by atoms with Crippen molar-refractivity contribution in [2.24, 2.45) is 0 Å². The van der Waals surface area contributed by atoms with Crippen LogP contribution in [-0.4, -0.2) is 6.61 Å². The summed E-state index contributed by atoms with van der Waals surface area (Å²) in [5.41, 5.74) is 10.9. The van der Waals surface area contributed by atoms with E-state index in [0.29, 0.717) is 17.3 Å². The number of nitrogens with one attached hydrogen (secondary N) is 1. The molecule has 110 valence electrons. The summed E-state index contributed by atoms with van der Waals surface area (Å²) in [5.74, 6) is 1.00. The minimum absolute atomic E-state index is 0.568. The average Bonchev–Trinajstić information content (AvgIpc) is 2.89. The first-order chi connectivity index (χ1) is 10.0. The van der Waals surface area contributed by atoms with E-state index in [1.165, 1.54) is 5.56 Å². The Labute approximate surface area is 137 Å². The van der Waals surface area contributed by atoms with Gasteiger partial charge in [0.25, 0.3) is 0 Å². The molecule has 0 atom stereocenters. The van der Waals surface area contributed by atoms with Crippen LogP contribution in [0.1, 0.15) is 16.7 Å². The monoisotopic (exact) mass is 366 g/mol. The number of aryl methyl sites for hydroxylation is 1. The number of rotatable bonds is 3. The van der Waals surface area contributed by atoms with Crippen molar-refractivity contribution in [2.45, 2.75) is 19.9 Å². The van der Waals surface area contributed by atoms with Crippen molar-refractivity contribution in [3.8, 4) is 5.75 Å². The van der Waals surface area contributed by atoms with Gasteiger partial charge in [-0.2, -0.15) is 0 Å². The maximum Gasteiger partial charge on any atom is 0.127 e. The quantitative estimate of drug-likeness (QED) is 0.783. The lowest BCUT2D eigenvalue weighted by Crippen LogP contribution is -2.04. The number of hydrogen-bond donors (Lipinski definition) is 2. The van der Waals surface area contributed by atoms with Crippen LogP contribution in [0.2, 0.25) is 5.02 Å². The molecule has 3 rings (SSSR count). The van der Waals surface area contributed by atoms with Gasteiger partial charge >= 0.3 is 0 Å². The Bertz CT molecular complexity index is 703. The smallest absolute Gasteiger partial charge is 0.127 e. The molecular formula is C16H16BrClN2O. The van der Waals surface area contributed by atoms with Gasteiger partial charge in [0.1, 0.15) is 5.75 Å². The summed E-state index contributed by atoms with van der Waals surface area (Å²) in [6.07, 6.45) is 0.967. The number of nitrogen functional groups attached to an aromatic ring is 1. The molecule has 1 aliphatic heterocycles. The number of hydrogen-bond acceptors (Lipinski definition) is 3. The van der Waals surface area contributed by atoms with Crippen LogP contribution in [0.3, 0.4) is 0 Å². The third kappa shape index (κ3) is 2.97. The zero-order valence-corrected chi connectivity index (χ0v) is 14.0. The Hall–Kier alpha value is -1.39. The van der Waals surface area contributed by atoms with E-state index >= 15 is 0 Å². The van der Waals surface area contributed by atoms with Crippen molar-refractivity contribution >= 4 is 38.9 Å². The Morgan fingerprint density at radius 1 is 1.33 bits per heavy atom. The van der Waals surface area contributed by atoms with E-state index in [0.717, 1.165) is 40.1 Å². The average molecular weight is 368 g/mol. The highest BCUT2D eigenvalue weighted by atomic mass is 79.9. The summed E-state index contributed by atoms with van der Waals surface area (Å²) >= 11 is 9.65. The highest BCUT2D eigenvalue weighted by Gasteiger charge is 2.17. The van der Waals surface area contributed by atoms with E-state index in [-0.39, 0.29) is 0 Å². The van der Waals surface area contributed by atoms with Crippen LogP contribution < -0.4 is 15.8 Å². The lowest BCUT2D eigenvalue weighted by Gasteiger charge is -2.14. The van der Waals surface area contributed by atoms with Crippen LogP contribution in [0.15, 0.2) is 28.7 Å². The van der Waals surface area contributed by atoms with Gasteiger partial charge in [-0.3, -0.25) is 0 Å². The van der Waals surface area contributed by atoms with Crippen LogP contribution in [0.5, 0.6) is 5.75 Å². The molecule has 21 heavy (non-hydrogen) atoms. The predicted octanol–water partition coefficient (Wildman–Crippen LogP) is 4.54. The van der Waals surface area contributed by atoms with Gasteiger partial charge in [-0.15, -0.1) is 0 Å². The second-order valence-electron chi connectivity index (χ2n) is 5.19. The van der Waals surface area contributed by atoms with Gasteiger partial charge in [-0.1, -0.05) is 27.5 Å². The van der Waals surface area contributed by atoms with Crippen molar-refractivity contribution in [1.29, 1.82) is 0 Å². The molecule has 3 N–H and O–H groups in total. The van der Waals surface area contributed by atoms with Crippen molar-refractivity contribution in [3.63, 3.8) is 0 Å². The molecule has 0 amide bonds. The van der Waals surface area contributed by atoms with Crippen LogP contribution in [0, 0.1) is 6.92 Å². The summed E-state index contributed by atoms with van der Waals surface area (Å²) in [6.45, 7) is 3.45. The molecule has 2 aromatic carbocycles. The highest BCUT2D eigenvalue weighted by Crippen LogP contribution is 2.34. The van der Waals surface area contributed by atoms with Crippen molar-refractivity contribution in [2.75, 3.05) is 17.7 Å². The first kappa shape index (κ1) is 14.5. The third-order valence-corrected chi connectivity index (χ3v) is 4.42. The van der Waals surface area contributed by atoms with Gasteiger partial charge in [-0.05, 0) is 42.3 Å². The fourth-order valence-electron chi connectivity index (χ4n) is 2.56. The van der Waals surface area contributed by atoms with Crippen molar-refractivity contribution in [1.82, 2.24) is 0 Å². The molecule has 0 saturated heterocycles. The molecule has 1 heterocycles. The highest BCUT2D eigenvalue weighted by molar-refractivity contribution is 9.10. The minimum Gasteiger partial charge on any atom is -0.493 e. The summed E-state index contributed by atoms with van der Waals surface area (Å²) in [5, 5.41) is 3.98. The molecule has 0 aromatic heterocycles. The number of anilines is 2. The zero-order valence-electron chi connectivity index (χ0n) is 11.7. The molecule has 0 bridgehead atoms. The van der Waals surface area contributed by atoms with Gasteiger partial charge in [-0.25, -0.2) is 0 Å². The molecule has 0 unspecified atom stereocenters. The molecule has 0 aliphatic carbocycles. The molecule has 1 aliphatic rings. The van der Waals surface area contributed by atoms with Gasteiger partial charge in [0.2, 0.25) is 0 Å². The second-order valence-corrected chi connectivity index (χ2v) is 6.52. The van der Waals surface area contributed by atoms with E-state index in [1.807, 2.05) is 19.1 Å². The summed E-state index contributed by atoms with van der Waals surface area (Å²) in [4.78, 5) is 0. The maximum absolute atomic E-state index is 6.09. The van der Waals surface area contributed by atoms with Crippen LogP contribution in [0.4, 0.5) is 11.4 Å². The van der Waals surface area contributed by atoms with Gasteiger partial charge in [0.15, 0.2) is 0 Å². The Morgan fingerprint density at radius 3 is 2.95 bits per heavy atom. The standard InChI is InChI=1S/C16H16BrClN2O/c1-9-4-14(19)13(18)7-15(9)20-8-11-6-12(17)5-10-2-3-21-16(10)11/h4-7,20H,2-3,8,19H2,1H3.